The maximum Gasteiger partial charge on any atom is 0.284 e. The summed E-state index contributed by atoms with van der Waals surface area (Å²) in [5.74, 6) is -2.92. The van der Waals surface area contributed by atoms with Crippen molar-refractivity contribution in [3.63, 3.8) is 0 Å². The third kappa shape index (κ3) is 3.74. The number of halogens is 4. The first kappa shape index (κ1) is 19.2. The fourth-order valence-electron chi connectivity index (χ4n) is 3.21. The first-order chi connectivity index (χ1) is 13.7. The molecule has 0 spiro atoms. The van der Waals surface area contributed by atoms with Gasteiger partial charge >= 0.3 is 0 Å². The molecule has 0 saturated carbocycles. The van der Waals surface area contributed by atoms with Crippen molar-refractivity contribution >= 4 is 23.1 Å². The van der Waals surface area contributed by atoms with Crippen LogP contribution >= 0.6 is 0 Å². The van der Waals surface area contributed by atoms with Gasteiger partial charge in [0.25, 0.3) is 18.3 Å². The van der Waals surface area contributed by atoms with Crippen LogP contribution < -0.4 is 10.2 Å². The molecule has 0 bridgehead atoms. The Bertz CT molecular complexity index is 1050. The summed E-state index contributed by atoms with van der Waals surface area (Å²) in [6, 6.07) is 1.63. The molecule has 0 aromatic carbocycles. The number of fused-ring (bicyclic) bond motifs is 1. The molecule has 1 N–H and O–H groups in total. The summed E-state index contributed by atoms with van der Waals surface area (Å²) < 4.78 is 55.5. The average molecular weight is 411 g/mol. The topological polar surface area (TPSA) is 80.4 Å². The van der Waals surface area contributed by atoms with Crippen molar-refractivity contribution in [1.82, 2.24) is 24.4 Å². The number of rotatable bonds is 4. The molecule has 3 aromatic heterocycles. The number of nitrogens with one attached hydrogen (secondary N) is 1. The molecule has 1 saturated heterocycles. The van der Waals surface area contributed by atoms with Crippen molar-refractivity contribution in [2.24, 2.45) is 7.05 Å². The summed E-state index contributed by atoms with van der Waals surface area (Å²) in [5.41, 5.74) is -0.389. The van der Waals surface area contributed by atoms with Gasteiger partial charge in [0.2, 0.25) is 0 Å². The highest BCUT2D eigenvalue weighted by molar-refractivity contribution is 6.08. The fourth-order valence-corrected chi connectivity index (χ4v) is 3.21. The van der Waals surface area contributed by atoms with E-state index in [4.69, 9.17) is 0 Å². The molecular formula is C17H17F4N7O. The van der Waals surface area contributed by atoms with Crippen LogP contribution in [0.25, 0.3) is 5.65 Å². The van der Waals surface area contributed by atoms with Gasteiger partial charge < -0.3 is 10.2 Å². The van der Waals surface area contributed by atoms with Crippen LogP contribution in [0.15, 0.2) is 24.7 Å². The van der Waals surface area contributed by atoms with Crippen LogP contribution in [0.3, 0.4) is 0 Å². The largest absolute Gasteiger partial charge is 0.356 e. The summed E-state index contributed by atoms with van der Waals surface area (Å²) >= 11 is 0. The van der Waals surface area contributed by atoms with Crippen molar-refractivity contribution in [3.05, 3.63) is 35.9 Å². The van der Waals surface area contributed by atoms with Gasteiger partial charge in [-0.25, -0.2) is 27.1 Å². The number of amides is 1. The predicted molar refractivity (Wildman–Crippen MR) is 95.5 cm³/mol. The molecule has 154 valence electrons. The Morgan fingerprint density at radius 2 is 2.00 bits per heavy atom. The van der Waals surface area contributed by atoms with E-state index in [1.807, 2.05) is 0 Å². The number of nitrogens with zero attached hydrogens (tertiary/aromatic N) is 6. The third-order valence-electron chi connectivity index (χ3n) is 4.73. The molecule has 1 aliphatic heterocycles. The average Bonchev–Trinajstić information content (AvgIpc) is 3.24. The van der Waals surface area contributed by atoms with Gasteiger partial charge in [-0.2, -0.15) is 10.2 Å². The minimum Gasteiger partial charge on any atom is -0.356 e. The van der Waals surface area contributed by atoms with Gasteiger partial charge in [-0.1, -0.05) is 0 Å². The molecule has 4 rings (SSSR count). The molecule has 0 unspecified atom stereocenters. The molecule has 29 heavy (non-hydrogen) atoms. The number of hydrogen-bond acceptors (Lipinski definition) is 5. The Kier molecular flexibility index (Phi) is 4.63. The highest BCUT2D eigenvalue weighted by Gasteiger charge is 2.34. The number of alkyl halides is 4. The lowest BCUT2D eigenvalue weighted by Crippen LogP contribution is -2.39. The van der Waals surface area contributed by atoms with E-state index < -0.39 is 23.9 Å². The molecule has 1 amide bonds. The minimum atomic E-state index is -2.85. The summed E-state index contributed by atoms with van der Waals surface area (Å²) in [7, 11) is 1.47. The van der Waals surface area contributed by atoms with Crippen molar-refractivity contribution in [3.8, 4) is 0 Å². The molecule has 8 nitrogen and oxygen atoms in total. The Balaban J connectivity index is 1.60. The molecule has 0 atom stereocenters. The summed E-state index contributed by atoms with van der Waals surface area (Å²) in [4.78, 5) is 18.7. The highest BCUT2D eigenvalue weighted by Crippen LogP contribution is 2.30. The normalized spacial score (nSPS) is 16.6. The van der Waals surface area contributed by atoms with E-state index in [-0.39, 0.29) is 42.8 Å². The number of hydrogen-bond donors (Lipinski definition) is 1. The van der Waals surface area contributed by atoms with Gasteiger partial charge in [0.1, 0.15) is 11.4 Å². The van der Waals surface area contributed by atoms with Gasteiger partial charge in [0, 0.05) is 45.4 Å². The molecule has 1 fully saturated rings. The minimum absolute atomic E-state index is 0.0678. The van der Waals surface area contributed by atoms with Crippen LogP contribution in [0.4, 0.5) is 29.1 Å². The zero-order valence-electron chi connectivity index (χ0n) is 15.3. The quantitative estimate of drug-likeness (QED) is 0.668. The Hall–Kier alpha value is -3.18. The van der Waals surface area contributed by atoms with E-state index in [2.05, 4.69) is 20.5 Å². The van der Waals surface area contributed by atoms with Crippen molar-refractivity contribution in [1.29, 1.82) is 0 Å². The smallest absolute Gasteiger partial charge is 0.284 e. The second-order valence-corrected chi connectivity index (χ2v) is 6.81. The Morgan fingerprint density at radius 1 is 1.28 bits per heavy atom. The second-order valence-electron chi connectivity index (χ2n) is 6.81. The van der Waals surface area contributed by atoms with E-state index in [1.165, 1.54) is 28.6 Å². The van der Waals surface area contributed by atoms with Crippen LogP contribution in [0.1, 0.15) is 35.3 Å². The summed E-state index contributed by atoms with van der Waals surface area (Å²) in [6.45, 7) is 0.276. The van der Waals surface area contributed by atoms with Gasteiger partial charge in [-0.3, -0.25) is 9.48 Å². The molecule has 0 radical (unpaired) electrons. The van der Waals surface area contributed by atoms with Crippen LogP contribution in [-0.4, -0.2) is 49.3 Å². The third-order valence-corrected chi connectivity index (χ3v) is 4.73. The number of anilines is 2. The fraction of sp³-hybridized carbons (Fsp3) is 0.412. The lowest BCUT2D eigenvalue weighted by Gasteiger charge is -2.32. The van der Waals surface area contributed by atoms with E-state index in [9.17, 15) is 22.4 Å². The molecule has 1 aliphatic rings. The van der Waals surface area contributed by atoms with Gasteiger partial charge in [-0.15, -0.1) is 0 Å². The van der Waals surface area contributed by atoms with Crippen LogP contribution in [0.2, 0.25) is 0 Å². The molecule has 12 heteroatoms. The van der Waals surface area contributed by atoms with Crippen LogP contribution in [0, 0.1) is 0 Å². The van der Waals surface area contributed by atoms with E-state index in [0.717, 1.165) is 0 Å². The van der Waals surface area contributed by atoms with Gasteiger partial charge in [0.05, 0.1) is 11.9 Å². The predicted octanol–water partition coefficient (Wildman–Crippen LogP) is 2.89. The number of carbonyl (C=O) groups excluding carboxylic acids is 1. The zero-order chi connectivity index (χ0) is 20.8. The highest BCUT2D eigenvalue weighted by atomic mass is 19.3. The number of aryl methyl sites for hydroxylation is 1. The lowest BCUT2D eigenvalue weighted by atomic mass is 10.1. The standard InChI is InChI=1S/C17H17F4N7O/c1-26-9-11(13(25-26)14(18)19)23-16(29)10-8-22-28-5-2-12(24-15(10)28)27-6-3-17(20,21)4-7-27/h2,5,8-9,14H,3-4,6-7H2,1H3,(H,23,29). The number of carbonyl (C=O) groups is 1. The maximum absolute atomic E-state index is 13.4. The zero-order valence-corrected chi connectivity index (χ0v) is 15.3. The van der Waals surface area contributed by atoms with Crippen LogP contribution in [0.5, 0.6) is 0 Å². The SMILES string of the molecule is Cn1cc(NC(=O)c2cnn3ccc(N4CCC(F)(F)CC4)nc23)c(C(F)F)n1. The van der Waals surface area contributed by atoms with E-state index >= 15 is 0 Å². The van der Waals surface area contributed by atoms with Crippen molar-refractivity contribution in [2.45, 2.75) is 25.2 Å². The Labute approximate surface area is 162 Å². The first-order valence-corrected chi connectivity index (χ1v) is 8.84. The monoisotopic (exact) mass is 411 g/mol. The van der Waals surface area contributed by atoms with Crippen molar-refractivity contribution < 1.29 is 22.4 Å². The number of piperidine rings is 1. The maximum atomic E-state index is 13.4. The lowest BCUT2D eigenvalue weighted by molar-refractivity contribution is -0.0221. The first-order valence-electron chi connectivity index (χ1n) is 8.84. The second kappa shape index (κ2) is 7.01. The van der Waals surface area contributed by atoms with Gasteiger partial charge in [0.15, 0.2) is 11.3 Å². The van der Waals surface area contributed by atoms with E-state index in [1.54, 1.807) is 17.2 Å². The summed E-state index contributed by atoms with van der Waals surface area (Å²) in [5, 5.41) is 10.1. The molecular weight excluding hydrogens is 394 g/mol. The van der Waals surface area contributed by atoms with Gasteiger partial charge in [-0.05, 0) is 6.07 Å². The van der Waals surface area contributed by atoms with Crippen molar-refractivity contribution in [2.75, 3.05) is 23.3 Å². The van der Waals surface area contributed by atoms with E-state index in [0.29, 0.717) is 5.82 Å². The van der Waals surface area contributed by atoms with Crippen LogP contribution in [-0.2, 0) is 7.05 Å². The molecule has 3 aromatic rings. The molecule has 4 heterocycles. The molecule has 0 aliphatic carbocycles. The number of aromatic nitrogens is 5. The Morgan fingerprint density at radius 3 is 2.69 bits per heavy atom. The summed E-state index contributed by atoms with van der Waals surface area (Å²) in [6.07, 6.45) is 0.712.